The predicted octanol–water partition coefficient (Wildman–Crippen LogP) is 3.65. The normalized spacial score (nSPS) is 11.3. The minimum Gasteiger partial charge on any atom is -0.354 e. The van der Waals surface area contributed by atoms with Crippen LogP contribution in [0, 0.1) is 19.7 Å². The molecule has 0 aliphatic rings. The number of carbonyl (C=O) groups is 1. The van der Waals surface area contributed by atoms with Gasteiger partial charge in [-0.05, 0) is 49.3 Å². The molecule has 0 fully saturated rings. The van der Waals surface area contributed by atoms with Gasteiger partial charge in [0.15, 0.2) is 0 Å². The minimum atomic E-state index is -3.59. The van der Waals surface area contributed by atoms with Crippen molar-refractivity contribution >= 4 is 33.4 Å². The van der Waals surface area contributed by atoms with E-state index >= 15 is 0 Å². The lowest BCUT2D eigenvalue weighted by molar-refractivity contribution is -0.119. The molecule has 0 bridgehead atoms. The van der Waals surface area contributed by atoms with Crippen molar-refractivity contribution in [2.75, 3.05) is 29.4 Å². The van der Waals surface area contributed by atoms with Crippen LogP contribution in [-0.2, 0) is 20.6 Å². The Balaban J connectivity index is 1.81. The van der Waals surface area contributed by atoms with E-state index in [0.29, 0.717) is 30.0 Å². The Morgan fingerprint density at radius 3 is 2.55 bits per heavy atom. The molecule has 29 heavy (non-hydrogen) atoms. The van der Waals surface area contributed by atoms with Gasteiger partial charge in [-0.3, -0.25) is 9.10 Å². The monoisotopic (exact) mass is 438 g/mol. The van der Waals surface area contributed by atoms with Crippen LogP contribution < -0.4 is 9.62 Å². The fourth-order valence-electron chi connectivity index (χ4n) is 2.85. The zero-order valence-corrected chi connectivity index (χ0v) is 18.6. The lowest BCUT2D eigenvalue weighted by Gasteiger charge is -2.24. The third-order valence-corrected chi connectivity index (χ3v) is 6.53. The van der Waals surface area contributed by atoms with Gasteiger partial charge in [0, 0.05) is 12.3 Å². The molecule has 0 aliphatic heterocycles. The van der Waals surface area contributed by atoms with E-state index in [-0.39, 0.29) is 18.3 Å². The summed E-state index contributed by atoms with van der Waals surface area (Å²) >= 11 is 1.59. The molecule has 0 atom stereocenters. The summed E-state index contributed by atoms with van der Waals surface area (Å²) in [5, 5.41) is 2.76. The fourth-order valence-corrected chi connectivity index (χ4v) is 4.71. The van der Waals surface area contributed by atoms with Crippen LogP contribution in [0.2, 0.25) is 0 Å². The SMILES string of the molecule is Cc1ccc(N(CC(=O)NCCCSCc2ccccc2F)S(C)(=O)=O)c(C)c1. The maximum absolute atomic E-state index is 13.6. The maximum atomic E-state index is 13.6. The number of hydrogen-bond acceptors (Lipinski definition) is 4. The van der Waals surface area contributed by atoms with Gasteiger partial charge in [0.2, 0.25) is 15.9 Å². The molecule has 1 amide bonds. The van der Waals surface area contributed by atoms with Crippen molar-refractivity contribution in [2.24, 2.45) is 0 Å². The number of thioether (sulfide) groups is 1. The first-order chi connectivity index (χ1) is 13.7. The van der Waals surface area contributed by atoms with Crippen LogP contribution in [-0.4, -0.2) is 39.4 Å². The molecule has 0 unspecified atom stereocenters. The Hall–Kier alpha value is -2.06. The highest BCUT2D eigenvalue weighted by Crippen LogP contribution is 2.23. The maximum Gasteiger partial charge on any atom is 0.240 e. The van der Waals surface area contributed by atoms with Crippen LogP contribution in [0.25, 0.3) is 0 Å². The Morgan fingerprint density at radius 2 is 1.90 bits per heavy atom. The summed E-state index contributed by atoms with van der Waals surface area (Å²) in [4.78, 5) is 12.3. The minimum absolute atomic E-state index is 0.208. The molecule has 0 radical (unpaired) electrons. The van der Waals surface area contributed by atoms with Gasteiger partial charge in [0.25, 0.3) is 0 Å². The van der Waals surface area contributed by atoms with E-state index in [0.717, 1.165) is 27.4 Å². The third kappa shape index (κ3) is 7.36. The molecule has 0 saturated carbocycles. The average Bonchev–Trinajstić information content (AvgIpc) is 2.63. The van der Waals surface area contributed by atoms with Crippen LogP contribution >= 0.6 is 11.8 Å². The highest BCUT2D eigenvalue weighted by Gasteiger charge is 2.22. The number of benzene rings is 2. The van der Waals surface area contributed by atoms with Gasteiger partial charge in [0.1, 0.15) is 12.4 Å². The summed E-state index contributed by atoms with van der Waals surface area (Å²) in [5.74, 6) is 0.784. The van der Waals surface area contributed by atoms with Crippen molar-refractivity contribution in [2.45, 2.75) is 26.0 Å². The van der Waals surface area contributed by atoms with Crippen LogP contribution in [0.5, 0.6) is 0 Å². The van der Waals surface area contributed by atoms with E-state index in [1.807, 2.05) is 32.0 Å². The number of aryl methyl sites for hydroxylation is 2. The van der Waals surface area contributed by atoms with Gasteiger partial charge in [-0.1, -0.05) is 35.9 Å². The lowest BCUT2D eigenvalue weighted by atomic mass is 10.1. The zero-order valence-electron chi connectivity index (χ0n) is 16.9. The zero-order chi connectivity index (χ0) is 21.4. The van der Waals surface area contributed by atoms with Crippen molar-refractivity contribution in [3.8, 4) is 0 Å². The van der Waals surface area contributed by atoms with Crippen LogP contribution in [0.4, 0.5) is 10.1 Å². The van der Waals surface area contributed by atoms with Gasteiger partial charge in [-0.15, -0.1) is 0 Å². The summed E-state index contributed by atoms with van der Waals surface area (Å²) in [6.45, 7) is 3.93. The predicted molar refractivity (Wildman–Crippen MR) is 118 cm³/mol. The fraction of sp³-hybridized carbons (Fsp3) is 0.381. The third-order valence-electron chi connectivity index (χ3n) is 4.31. The number of amides is 1. The van der Waals surface area contributed by atoms with Crippen molar-refractivity contribution < 1.29 is 17.6 Å². The molecule has 5 nitrogen and oxygen atoms in total. The Labute approximate surface area is 176 Å². The largest absolute Gasteiger partial charge is 0.354 e. The number of rotatable bonds is 10. The van der Waals surface area contributed by atoms with E-state index in [1.165, 1.54) is 6.07 Å². The summed E-state index contributed by atoms with van der Waals surface area (Å²) in [6.07, 6.45) is 1.81. The van der Waals surface area contributed by atoms with Gasteiger partial charge in [0.05, 0.1) is 11.9 Å². The second-order valence-corrected chi connectivity index (χ2v) is 9.92. The molecular formula is C21H27FN2O3S2. The van der Waals surface area contributed by atoms with Gasteiger partial charge in [-0.25, -0.2) is 12.8 Å². The molecule has 2 aromatic rings. The highest BCUT2D eigenvalue weighted by atomic mass is 32.2. The number of halogens is 1. The smallest absolute Gasteiger partial charge is 0.240 e. The van der Waals surface area contributed by atoms with Crippen molar-refractivity contribution in [3.05, 3.63) is 65.0 Å². The van der Waals surface area contributed by atoms with Crippen molar-refractivity contribution in [3.63, 3.8) is 0 Å². The lowest BCUT2D eigenvalue weighted by Crippen LogP contribution is -2.41. The molecule has 0 aliphatic carbocycles. The Bertz CT molecular complexity index is 949. The van der Waals surface area contributed by atoms with Crippen LogP contribution in [0.1, 0.15) is 23.1 Å². The molecule has 158 valence electrons. The van der Waals surface area contributed by atoms with E-state index in [2.05, 4.69) is 5.32 Å². The molecule has 1 N–H and O–H groups in total. The van der Waals surface area contributed by atoms with Gasteiger partial charge >= 0.3 is 0 Å². The molecule has 0 heterocycles. The van der Waals surface area contributed by atoms with Crippen molar-refractivity contribution in [1.82, 2.24) is 5.32 Å². The average molecular weight is 439 g/mol. The highest BCUT2D eigenvalue weighted by molar-refractivity contribution is 7.98. The Kier molecular flexibility index (Phi) is 8.52. The first-order valence-corrected chi connectivity index (χ1v) is 12.3. The first-order valence-electron chi connectivity index (χ1n) is 9.31. The van der Waals surface area contributed by atoms with Crippen molar-refractivity contribution in [1.29, 1.82) is 0 Å². The molecule has 0 aromatic heterocycles. The first kappa shape index (κ1) is 23.2. The standard InChI is InChI=1S/C21H27FN2O3S2/c1-16-9-10-20(17(2)13-16)24(29(3,26)27)14-21(25)23-11-6-12-28-15-18-7-4-5-8-19(18)22/h4-5,7-10,13H,6,11-12,14-15H2,1-3H3,(H,23,25). The molecular weight excluding hydrogens is 411 g/mol. The van der Waals surface area contributed by atoms with E-state index in [1.54, 1.807) is 30.0 Å². The number of nitrogens with one attached hydrogen (secondary N) is 1. The summed E-state index contributed by atoms with van der Waals surface area (Å²) in [7, 11) is -3.59. The van der Waals surface area contributed by atoms with Gasteiger partial charge in [-0.2, -0.15) is 11.8 Å². The number of sulfonamides is 1. The number of hydrogen-bond donors (Lipinski definition) is 1. The van der Waals surface area contributed by atoms with E-state index in [4.69, 9.17) is 0 Å². The molecule has 8 heteroatoms. The van der Waals surface area contributed by atoms with E-state index < -0.39 is 10.0 Å². The topological polar surface area (TPSA) is 66.5 Å². The molecule has 2 aromatic carbocycles. The molecule has 0 saturated heterocycles. The van der Waals surface area contributed by atoms with E-state index in [9.17, 15) is 17.6 Å². The number of carbonyl (C=O) groups excluding carboxylic acids is 1. The quantitative estimate of drug-likeness (QED) is 0.575. The van der Waals surface area contributed by atoms with Crippen LogP contribution in [0.15, 0.2) is 42.5 Å². The summed E-state index contributed by atoms with van der Waals surface area (Å²) < 4.78 is 39.1. The number of anilines is 1. The Morgan fingerprint density at radius 1 is 1.17 bits per heavy atom. The summed E-state index contributed by atoms with van der Waals surface area (Å²) in [5.41, 5.74) is 3.00. The number of nitrogens with zero attached hydrogens (tertiary/aromatic N) is 1. The summed E-state index contributed by atoms with van der Waals surface area (Å²) in [6, 6.07) is 12.1. The van der Waals surface area contributed by atoms with Crippen LogP contribution in [0.3, 0.4) is 0 Å². The second kappa shape index (κ2) is 10.6. The molecule has 2 rings (SSSR count). The second-order valence-electron chi connectivity index (χ2n) is 6.91. The van der Waals surface area contributed by atoms with Gasteiger partial charge < -0.3 is 5.32 Å². The molecule has 0 spiro atoms.